The summed E-state index contributed by atoms with van der Waals surface area (Å²) in [4.78, 5) is 21.3. The number of aryl methyl sites for hydroxylation is 1. The molecule has 150 valence electrons. The second-order valence-electron chi connectivity index (χ2n) is 6.37. The fourth-order valence-corrected chi connectivity index (χ4v) is 2.87. The van der Waals surface area contributed by atoms with E-state index >= 15 is 0 Å². The van der Waals surface area contributed by atoms with Gasteiger partial charge in [0, 0.05) is 12.6 Å². The molecular weight excluding hydrogens is 368 g/mol. The molecule has 0 bridgehead atoms. The number of nitrogens with one attached hydrogen (secondary N) is 2. The van der Waals surface area contributed by atoms with E-state index in [0.29, 0.717) is 29.6 Å². The Morgan fingerprint density at radius 2 is 1.83 bits per heavy atom. The Kier molecular flexibility index (Phi) is 6.63. The van der Waals surface area contributed by atoms with Gasteiger partial charge in [0.15, 0.2) is 0 Å². The maximum Gasteiger partial charge on any atom is 0.274 e. The van der Waals surface area contributed by atoms with Gasteiger partial charge in [-0.1, -0.05) is 24.3 Å². The van der Waals surface area contributed by atoms with E-state index < -0.39 is 0 Å². The number of hydrogen-bond donors (Lipinski definition) is 2. The SMILES string of the molecule is COc1cccc(CCNc2cc(C(=O)Nc3ccccc3OC)nc(C)n2)c1. The van der Waals surface area contributed by atoms with Crippen molar-refractivity contribution in [3.8, 4) is 11.5 Å². The molecule has 1 heterocycles. The van der Waals surface area contributed by atoms with Crippen LogP contribution in [0.15, 0.2) is 54.6 Å². The molecule has 29 heavy (non-hydrogen) atoms. The quantitative estimate of drug-likeness (QED) is 0.608. The lowest BCUT2D eigenvalue weighted by Gasteiger charge is -2.11. The molecule has 0 fully saturated rings. The van der Waals surface area contributed by atoms with E-state index in [-0.39, 0.29) is 11.6 Å². The number of ether oxygens (including phenoxy) is 2. The van der Waals surface area contributed by atoms with Crippen molar-refractivity contribution in [2.45, 2.75) is 13.3 Å². The summed E-state index contributed by atoms with van der Waals surface area (Å²) in [5.74, 6) is 2.21. The van der Waals surface area contributed by atoms with Crippen LogP contribution in [-0.2, 0) is 6.42 Å². The maximum atomic E-state index is 12.7. The highest BCUT2D eigenvalue weighted by atomic mass is 16.5. The van der Waals surface area contributed by atoms with Crippen LogP contribution in [0.5, 0.6) is 11.5 Å². The van der Waals surface area contributed by atoms with Gasteiger partial charge in [-0.25, -0.2) is 9.97 Å². The summed E-state index contributed by atoms with van der Waals surface area (Å²) in [5.41, 5.74) is 2.02. The fourth-order valence-electron chi connectivity index (χ4n) is 2.87. The third-order valence-electron chi connectivity index (χ3n) is 4.28. The zero-order valence-corrected chi connectivity index (χ0v) is 16.7. The summed E-state index contributed by atoms with van der Waals surface area (Å²) in [6.07, 6.45) is 0.795. The van der Waals surface area contributed by atoms with E-state index in [0.717, 1.165) is 17.7 Å². The molecule has 0 aliphatic rings. The second kappa shape index (κ2) is 9.54. The number of hydrogen-bond acceptors (Lipinski definition) is 6. The first-order valence-electron chi connectivity index (χ1n) is 9.26. The molecule has 0 spiro atoms. The first kappa shape index (κ1) is 20.1. The van der Waals surface area contributed by atoms with E-state index in [1.807, 2.05) is 36.4 Å². The van der Waals surface area contributed by atoms with Crippen molar-refractivity contribution in [3.63, 3.8) is 0 Å². The van der Waals surface area contributed by atoms with E-state index in [4.69, 9.17) is 9.47 Å². The van der Waals surface area contributed by atoms with Crippen LogP contribution in [0.2, 0.25) is 0 Å². The lowest BCUT2D eigenvalue weighted by molar-refractivity contribution is 0.102. The molecule has 0 unspecified atom stereocenters. The minimum absolute atomic E-state index is 0.285. The molecule has 0 saturated carbocycles. The number of carbonyl (C=O) groups excluding carboxylic acids is 1. The van der Waals surface area contributed by atoms with E-state index in [1.54, 1.807) is 39.3 Å². The average molecular weight is 392 g/mol. The molecule has 0 saturated heterocycles. The van der Waals surface area contributed by atoms with Crippen LogP contribution >= 0.6 is 0 Å². The lowest BCUT2D eigenvalue weighted by atomic mass is 10.1. The Morgan fingerprint density at radius 3 is 2.62 bits per heavy atom. The highest BCUT2D eigenvalue weighted by Crippen LogP contribution is 2.23. The van der Waals surface area contributed by atoms with Crippen LogP contribution in [0, 0.1) is 6.92 Å². The monoisotopic (exact) mass is 392 g/mol. The van der Waals surface area contributed by atoms with Crippen LogP contribution in [-0.4, -0.2) is 36.6 Å². The summed E-state index contributed by atoms with van der Waals surface area (Å²) in [7, 11) is 3.21. The Hall–Kier alpha value is -3.61. The summed E-state index contributed by atoms with van der Waals surface area (Å²) in [6.45, 7) is 2.42. The number of methoxy groups -OCH3 is 2. The minimum Gasteiger partial charge on any atom is -0.497 e. The van der Waals surface area contributed by atoms with Gasteiger partial charge in [-0.3, -0.25) is 4.79 Å². The topological polar surface area (TPSA) is 85.4 Å². The third-order valence-corrected chi connectivity index (χ3v) is 4.28. The van der Waals surface area contributed by atoms with Crippen molar-refractivity contribution in [1.29, 1.82) is 0 Å². The summed E-state index contributed by atoms with van der Waals surface area (Å²) < 4.78 is 10.5. The molecular formula is C22H24N4O3. The number of nitrogens with zero attached hydrogens (tertiary/aromatic N) is 2. The van der Waals surface area contributed by atoms with Crippen LogP contribution < -0.4 is 20.1 Å². The molecule has 2 N–H and O–H groups in total. The van der Waals surface area contributed by atoms with Gasteiger partial charge in [0.05, 0.1) is 19.9 Å². The Morgan fingerprint density at radius 1 is 1.00 bits per heavy atom. The predicted molar refractivity (Wildman–Crippen MR) is 113 cm³/mol. The Labute approximate surface area is 170 Å². The number of carbonyl (C=O) groups is 1. The normalized spacial score (nSPS) is 10.3. The van der Waals surface area contributed by atoms with Crippen LogP contribution in [0.3, 0.4) is 0 Å². The van der Waals surface area contributed by atoms with Crippen LogP contribution in [0.1, 0.15) is 21.9 Å². The first-order valence-corrected chi connectivity index (χ1v) is 9.26. The van der Waals surface area contributed by atoms with Gasteiger partial charge in [0.25, 0.3) is 5.91 Å². The molecule has 1 aromatic heterocycles. The fraction of sp³-hybridized carbons (Fsp3) is 0.227. The van der Waals surface area contributed by atoms with Gasteiger partial charge in [0.2, 0.25) is 0 Å². The predicted octanol–water partition coefficient (Wildman–Crippen LogP) is 3.71. The molecule has 7 heteroatoms. The Bertz CT molecular complexity index is 991. The third kappa shape index (κ3) is 5.44. The van der Waals surface area contributed by atoms with Crippen molar-refractivity contribution in [3.05, 3.63) is 71.7 Å². The van der Waals surface area contributed by atoms with E-state index in [9.17, 15) is 4.79 Å². The Balaban J connectivity index is 1.66. The molecule has 3 rings (SSSR count). The summed E-state index contributed by atoms with van der Waals surface area (Å²) >= 11 is 0. The molecule has 0 radical (unpaired) electrons. The van der Waals surface area contributed by atoms with E-state index in [2.05, 4.69) is 20.6 Å². The van der Waals surface area contributed by atoms with Crippen molar-refractivity contribution >= 4 is 17.4 Å². The zero-order valence-electron chi connectivity index (χ0n) is 16.7. The molecule has 1 amide bonds. The van der Waals surface area contributed by atoms with Gasteiger partial charge in [0.1, 0.15) is 28.8 Å². The molecule has 3 aromatic rings. The molecule has 0 atom stereocenters. The highest BCUT2D eigenvalue weighted by molar-refractivity contribution is 6.04. The van der Waals surface area contributed by atoms with Gasteiger partial charge in [-0.2, -0.15) is 0 Å². The number of aromatic nitrogens is 2. The van der Waals surface area contributed by atoms with Gasteiger partial charge < -0.3 is 20.1 Å². The lowest BCUT2D eigenvalue weighted by Crippen LogP contribution is -2.16. The molecule has 7 nitrogen and oxygen atoms in total. The number of benzene rings is 2. The summed E-state index contributed by atoms with van der Waals surface area (Å²) in [5, 5.41) is 6.09. The van der Waals surface area contributed by atoms with Gasteiger partial charge in [-0.05, 0) is 43.2 Å². The summed E-state index contributed by atoms with van der Waals surface area (Å²) in [6, 6.07) is 16.8. The smallest absolute Gasteiger partial charge is 0.274 e. The van der Waals surface area contributed by atoms with Gasteiger partial charge in [-0.15, -0.1) is 0 Å². The van der Waals surface area contributed by atoms with Crippen molar-refractivity contribution < 1.29 is 14.3 Å². The van der Waals surface area contributed by atoms with Crippen molar-refractivity contribution in [1.82, 2.24) is 9.97 Å². The molecule has 0 aliphatic heterocycles. The maximum absolute atomic E-state index is 12.7. The number of para-hydroxylation sites is 2. The standard InChI is InChI=1S/C22H24N4O3/c1-15-24-19(22(27)26-18-9-4-5-10-20(18)29-3)14-21(25-15)23-12-11-16-7-6-8-17(13-16)28-2/h4-10,13-14H,11-12H2,1-3H3,(H,26,27)(H,23,24,25). The van der Waals surface area contributed by atoms with Crippen molar-refractivity contribution in [2.75, 3.05) is 31.4 Å². The van der Waals surface area contributed by atoms with Crippen molar-refractivity contribution in [2.24, 2.45) is 0 Å². The molecule has 0 aliphatic carbocycles. The molecule has 2 aromatic carbocycles. The van der Waals surface area contributed by atoms with Crippen LogP contribution in [0.25, 0.3) is 0 Å². The average Bonchev–Trinajstić information content (AvgIpc) is 2.74. The minimum atomic E-state index is -0.323. The second-order valence-corrected chi connectivity index (χ2v) is 6.37. The first-order chi connectivity index (χ1) is 14.1. The number of rotatable bonds is 8. The largest absolute Gasteiger partial charge is 0.497 e. The number of anilines is 2. The van der Waals surface area contributed by atoms with Crippen LogP contribution in [0.4, 0.5) is 11.5 Å². The zero-order chi connectivity index (χ0) is 20.6. The van der Waals surface area contributed by atoms with E-state index in [1.165, 1.54) is 0 Å². The number of amides is 1. The van der Waals surface area contributed by atoms with Gasteiger partial charge >= 0.3 is 0 Å². The highest BCUT2D eigenvalue weighted by Gasteiger charge is 2.13.